The molecule has 5 atom stereocenters. The Morgan fingerprint density at radius 1 is 0.270 bits per heavy atom. The van der Waals surface area contributed by atoms with Crippen LogP contribution in [0.15, 0.2) is 0 Å². The van der Waals surface area contributed by atoms with Gasteiger partial charge in [0, 0.05) is 25.7 Å². The molecular formula is C81H158O17P2. The second-order valence-corrected chi connectivity index (χ2v) is 32.5. The van der Waals surface area contributed by atoms with Crippen molar-refractivity contribution in [2.45, 2.75) is 451 Å². The molecule has 0 aliphatic carbocycles. The Balaban J connectivity index is 5.17. The predicted octanol–water partition coefficient (Wildman–Crippen LogP) is 24.4. The summed E-state index contributed by atoms with van der Waals surface area (Å²) < 4.78 is 68.6. The van der Waals surface area contributed by atoms with Gasteiger partial charge in [-0.15, -0.1) is 0 Å². The van der Waals surface area contributed by atoms with Crippen LogP contribution in [0.2, 0.25) is 0 Å². The molecule has 0 saturated carbocycles. The van der Waals surface area contributed by atoms with Crippen molar-refractivity contribution in [2.75, 3.05) is 39.6 Å². The van der Waals surface area contributed by atoms with Gasteiger partial charge in [-0.3, -0.25) is 37.3 Å². The number of carbonyl (C=O) groups excluding carboxylic acids is 4. The minimum absolute atomic E-state index is 0.107. The molecule has 0 aliphatic rings. The maximum atomic E-state index is 13.1. The Labute approximate surface area is 613 Å². The maximum absolute atomic E-state index is 13.1. The summed E-state index contributed by atoms with van der Waals surface area (Å²) in [5, 5.41) is 10.6. The second kappa shape index (κ2) is 73.9. The molecule has 0 aliphatic heterocycles. The van der Waals surface area contributed by atoms with Crippen molar-refractivity contribution in [1.82, 2.24) is 0 Å². The van der Waals surface area contributed by atoms with Crippen LogP contribution >= 0.6 is 15.6 Å². The highest BCUT2D eigenvalue weighted by Crippen LogP contribution is 2.45. The van der Waals surface area contributed by atoms with E-state index in [1.165, 1.54) is 244 Å². The van der Waals surface area contributed by atoms with Gasteiger partial charge < -0.3 is 33.8 Å². The summed E-state index contributed by atoms with van der Waals surface area (Å²) in [6.07, 6.45) is 65.5. The summed E-state index contributed by atoms with van der Waals surface area (Å²) >= 11 is 0. The van der Waals surface area contributed by atoms with Crippen molar-refractivity contribution in [2.24, 2.45) is 5.92 Å². The first-order valence-electron chi connectivity index (χ1n) is 42.1. The van der Waals surface area contributed by atoms with E-state index in [2.05, 4.69) is 34.6 Å². The van der Waals surface area contributed by atoms with Crippen LogP contribution in [0.1, 0.15) is 433 Å². The highest BCUT2D eigenvalue weighted by atomic mass is 31.2. The predicted molar refractivity (Wildman–Crippen MR) is 409 cm³/mol. The van der Waals surface area contributed by atoms with Crippen molar-refractivity contribution in [1.29, 1.82) is 0 Å². The van der Waals surface area contributed by atoms with Crippen molar-refractivity contribution in [3.05, 3.63) is 0 Å². The molecule has 0 aromatic carbocycles. The Morgan fingerprint density at radius 3 is 0.680 bits per heavy atom. The number of rotatable bonds is 81. The number of phosphoric ester groups is 2. The molecule has 0 amide bonds. The van der Waals surface area contributed by atoms with Crippen molar-refractivity contribution < 1.29 is 80.2 Å². The van der Waals surface area contributed by atoms with Gasteiger partial charge in [0.1, 0.15) is 19.3 Å². The molecule has 0 rings (SSSR count). The average Bonchev–Trinajstić information content (AvgIpc) is 0.945. The zero-order chi connectivity index (χ0) is 73.4. The lowest BCUT2D eigenvalue weighted by atomic mass is 10.0. The highest BCUT2D eigenvalue weighted by molar-refractivity contribution is 7.47. The smallest absolute Gasteiger partial charge is 0.462 e. The minimum atomic E-state index is -4.96. The van der Waals surface area contributed by atoms with Gasteiger partial charge in [-0.1, -0.05) is 381 Å². The Kier molecular flexibility index (Phi) is 72.5. The number of esters is 4. The van der Waals surface area contributed by atoms with Crippen LogP contribution in [0.3, 0.4) is 0 Å². The molecule has 0 spiro atoms. The molecule has 2 unspecified atom stereocenters. The van der Waals surface area contributed by atoms with Gasteiger partial charge >= 0.3 is 39.5 Å². The number of hydrogen-bond donors (Lipinski definition) is 3. The number of carbonyl (C=O) groups is 4. The lowest BCUT2D eigenvalue weighted by Crippen LogP contribution is -2.30. The van der Waals surface area contributed by atoms with Crippen LogP contribution < -0.4 is 0 Å². The molecule has 0 bridgehead atoms. The van der Waals surface area contributed by atoms with E-state index >= 15 is 0 Å². The van der Waals surface area contributed by atoms with Crippen LogP contribution in [0, 0.1) is 5.92 Å². The lowest BCUT2D eigenvalue weighted by Gasteiger charge is -2.21. The summed E-state index contributed by atoms with van der Waals surface area (Å²) in [6, 6.07) is 0. The topological polar surface area (TPSA) is 237 Å². The van der Waals surface area contributed by atoms with E-state index in [0.717, 1.165) is 109 Å². The Morgan fingerprint density at radius 2 is 0.460 bits per heavy atom. The molecule has 3 N–H and O–H groups in total. The van der Waals surface area contributed by atoms with E-state index < -0.39 is 97.5 Å². The van der Waals surface area contributed by atoms with Crippen LogP contribution in [0.5, 0.6) is 0 Å². The van der Waals surface area contributed by atoms with Gasteiger partial charge in [-0.05, 0) is 31.6 Å². The average molecular weight is 1470 g/mol. The Hall–Kier alpha value is -1.94. The van der Waals surface area contributed by atoms with Crippen LogP contribution in [0.4, 0.5) is 0 Å². The zero-order valence-electron chi connectivity index (χ0n) is 65.3. The highest BCUT2D eigenvalue weighted by Gasteiger charge is 2.30. The van der Waals surface area contributed by atoms with Gasteiger partial charge in [0.05, 0.1) is 26.4 Å². The second-order valence-electron chi connectivity index (χ2n) is 29.6. The molecule has 0 aromatic rings. The quantitative estimate of drug-likeness (QED) is 0.0222. The maximum Gasteiger partial charge on any atom is 0.472 e. The molecule has 0 radical (unpaired) electrons. The van der Waals surface area contributed by atoms with E-state index in [1.54, 1.807) is 0 Å². The van der Waals surface area contributed by atoms with E-state index in [1.807, 2.05) is 0 Å². The first kappa shape index (κ1) is 98.1. The minimum Gasteiger partial charge on any atom is -0.462 e. The van der Waals surface area contributed by atoms with Gasteiger partial charge in [0.2, 0.25) is 0 Å². The molecule has 19 heteroatoms. The van der Waals surface area contributed by atoms with Gasteiger partial charge in [-0.2, -0.15) is 0 Å². The Bertz CT molecular complexity index is 1910. The van der Waals surface area contributed by atoms with Gasteiger partial charge in [0.15, 0.2) is 12.2 Å². The number of hydrogen-bond acceptors (Lipinski definition) is 15. The molecule has 17 nitrogen and oxygen atoms in total. The fourth-order valence-corrected chi connectivity index (χ4v) is 14.2. The third-order valence-electron chi connectivity index (χ3n) is 19.0. The van der Waals surface area contributed by atoms with Crippen molar-refractivity contribution >= 4 is 39.5 Å². The van der Waals surface area contributed by atoms with Crippen molar-refractivity contribution in [3.8, 4) is 0 Å². The molecule has 0 fully saturated rings. The number of unbranched alkanes of at least 4 members (excludes halogenated alkanes) is 53. The van der Waals surface area contributed by atoms with Crippen molar-refractivity contribution in [3.63, 3.8) is 0 Å². The van der Waals surface area contributed by atoms with E-state index in [-0.39, 0.29) is 25.7 Å². The third kappa shape index (κ3) is 74.3. The van der Waals surface area contributed by atoms with Crippen LogP contribution in [0.25, 0.3) is 0 Å². The fourth-order valence-electron chi connectivity index (χ4n) is 12.6. The van der Waals surface area contributed by atoms with Crippen LogP contribution in [-0.2, 0) is 65.4 Å². The van der Waals surface area contributed by atoms with E-state index in [4.69, 9.17) is 37.0 Å². The first-order valence-corrected chi connectivity index (χ1v) is 45.1. The van der Waals surface area contributed by atoms with E-state index in [9.17, 15) is 43.2 Å². The zero-order valence-corrected chi connectivity index (χ0v) is 67.1. The number of aliphatic hydroxyl groups is 1. The molecular weight excluding hydrogens is 1310 g/mol. The van der Waals surface area contributed by atoms with Gasteiger partial charge in [0.25, 0.3) is 0 Å². The van der Waals surface area contributed by atoms with Gasteiger partial charge in [-0.25, -0.2) is 9.13 Å². The summed E-state index contributed by atoms with van der Waals surface area (Å²) in [5.74, 6) is -1.35. The SMILES string of the molecule is CCCCCCCCCCCCCCCCCCCCCCC(=O)O[C@H](COC(=O)CCCCCCCCCCCCCCCCCCCCC)COP(=O)(O)OC[C@@H](O)COP(=O)(O)OC[C@@H](COC(=O)CCCCCCCCC)OC(=O)CCCCCCCCCCCCCC(C)C. The molecule has 0 heterocycles. The third-order valence-corrected chi connectivity index (χ3v) is 20.9. The standard InChI is InChI=1S/C81H158O17P2/c1-6-9-12-15-18-20-22-24-26-28-30-32-34-36-38-42-46-51-56-61-66-80(85)98-77(71-92-79(84)65-60-55-50-45-41-37-35-33-31-29-27-25-23-21-19-16-13-10-7-2)73-96-100(89,90)94-69-75(82)68-93-99(87,88)95-72-76(70-91-78(83)64-59-54-48-17-14-11-8-3)97-81(86)67-62-57-52-47-43-39-40-44-49-53-58-63-74(4)5/h74-77,82H,6-73H2,1-5H3,(H,87,88)(H,89,90)/t75-,76+,77+/m0/s1. The van der Waals surface area contributed by atoms with E-state index in [0.29, 0.717) is 25.7 Å². The normalized spacial score (nSPS) is 13.8. The molecule has 0 aromatic heterocycles. The largest absolute Gasteiger partial charge is 0.472 e. The molecule has 100 heavy (non-hydrogen) atoms. The summed E-state index contributed by atoms with van der Waals surface area (Å²) in [5.41, 5.74) is 0. The molecule has 0 saturated heterocycles. The van der Waals surface area contributed by atoms with Crippen LogP contribution in [-0.4, -0.2) is 96.7 Å². The summed E-state index contributed by atoms with van der Waals surface area (Å²) in [7, 11) is -9.91. The monoisotopic (exact) mass is 1470 g/mol. The first-order chi connectivity index (χ1) is 48.5. The number of aliphatic hydroxyl groups excluding tert-OH is 1. The molecule has 594 valence electrons. The summed E-state index contributed by atoms with van der Waals surface area (Å²) in [4.78, 5) is 72.9. The lowest BCUT2D eigenvalue weighted by molar-refractivity contribution is -0.161. The number of ether oxygens (including phenoxy) is 4. The fraction of sp³-hybridized carbons (Fsp3) is 0.951. The number of phosphoric acid groups is 2. The summed E-state index contributed by atoms with van der Waals surface area (Å²) in [6.45, 7) is 7.28.